The quantitative estimate of drug-likeness (QED) is 0.326. The van der Waals surface area contributed by atoms with Gasteiger partial charge in [0.2, 0.25) is 0 Å². The van der Waals surface area contributed by atoms with Gasteiger partial charge in [0.25, 0.3) is 5.91 Å². The maximum absolute atomic E-state index is 13.4. The predicted molar refractivity (Wildman–Crippen MR) is 161 cm³/mol. The Morgan fingerprint density at radius 1 is 0.951 bits per heavy atom. The van der Waals surface area contributed by atoms with E-state index in [1.165, 1.54) is 44.9 Å². The molecular weight excluding hydrogens is 512 g/mol. The van der Waals surface area contributed by atoms with E-state index in [2.05, 4.69) is 51.7 Å². The molecule has 2 aromatic carbocycles. The zero-order valence-electron chi connectivity index (χ0n) is 24.4. The molecule has 4 aliphatic rings. The van der Waals surface area contributed by atoms with Gasteiger partial charge in [0.05, 0.1) is 22.9 Å². The third kappa shape index (κ3) is 5.63. The fourth-order valence-corrected chi connectivity index (χ4v) is 7.95. The van der Waals surface area contributed by atoms with Gasteiger partial charge in [-0.2, -0.15) is 5.10 Å². The molecule has 7 nitrogen and oxygen atoms in total. The van der Waals surface area contributed by atoms with Crippen molar-refractivity contribution in [2.45, 2.75) is 113 Å². The molecule has 7 heteroatoms. The molecule has 2 aliphatic heterocycles. The summed E-state index contributed by atoms with van der Waals surface area (Å²) in [4.78, 5) is 15.9. The summed E-state index contributed by atoms with van der Waals surface area (Å²) in [5.74, 6) is 0.869. The molecular formula is C34H44N4O3. The Balaban J connectivity index is 1.03. The van der Waals surface area contributed by atoms with Crippen LogP contribution in [0, 0.1) is 0 Å². The van der Waals surface area contributed by atoms with Gasteiger partial charge >= 0.3 is 0 Å². The first kappa shape index (κ1) is 27.0. The molecule has 3 heterocycles. The van der Waals surface area contributed by atoms with Crippen LogP contribution in [-0.4, -0.2) is 64.5 Å². The van der Waals surface area contributed by atoms with Crippen LogP contribution in [-0.2, 0) is 4.74 Å². The van der Waals surface area contributed by atoms with Crippen LogP contribution in [0.3, 0.4) is 0 Å². The molecule has 4 fully saturated rings. The highest BCUT2D eigenvalue weighted by molar-refractivity contribution is 6.01. The molecule has 3 atom stereocenters. The zero-order valence-corrected chi connectivity index (χ0v) is 24.4. The summed E-state index contributed by atoms with van der Waals surface area (Å²) < 4.78 is 13.1. The Labute approximate surface area is 243 Å². The molecule has 2 aliphatic carbocycles. The summed E-state index contributed by atoms with van der Waals surface area (Å²) in [5, 5.41) is 12.0. The number of benzene rings is 2. The number of rotatable bonds is 8. The molecule has 41 heavy (non-hydrogen) atoms. The second-order valence-electron chi connectivity index (χ2n) is 13.1. The molecule has 2 saturated carbocycles. The summed E-state index contributed by atoms with van der Waals surface area (Å²) >= 11 is 0. The number of piperidine rings is 1. The first-order valence-corrected chi connectivity index (χ1v) is 16.0. The van der Waals surface area contributed by atoms with Gasteiger partial charge in [-0.15, -0.1) is 0 Å². The van der Waals surface area contributed by atoms with E-state index in [-0.39, 0.29) is 17.6 Å². The maximum Gasteiger partial charge on any atom is 0.251 e. The van der Waals surface area contributed by atoms with E-state index in [4.69, 9.17) is 9.47 Å². The van der Waals surface area contributed by atoms with Crippen molar-refractivity contribution in [2.75, 3.05) is 13.6 Å². The fraction of sp³-hybridized carbons (Fsp3) is 0.588. The fourth-order valence-electron chi connectivity index (χ4n) is 7.95. The van der Waals surface area contributed by atoms with E-state index in [0.29, 0.717) is 30.3 Å². The molecule has 0 spiro atoms. The van der Waals surface area contributed by atoms with Crippen LogP contribution in [0.5, 0.6) is 5.75 Å². The number of ether oxygens (including phenoxy) is 2. The van der Waals surface area contributed by atoms with Crippen LogP contribution in [0.1, 0.15) is 93.8 Å². The minimum absolute atomic E-state index is 0.0464. The normalized spacial score (nSPS) is 26.4. The third-order valence-electron chi connectivity index (χ3n) is 10.4. The van der Waals surface area contributed by atoms with Crippen LogP contribution in [0.25, 0.3) is 22.2 Å². The van der Waals surface area contributed by atoms with Gasteiger partial charge in [0.15, 0.2) is 0 Å². The molecule has 2 N–H and O–H groups in total. The Kier molecular flexibility index (Phi) is 7.50. The molecule has 1 amide bonds. The van der Waals surface area contributed by atoms with E-state index in [0.717, 1.165) is 66.4 Å². The summed E-state index contributed by atoms with van der Waals surface area (Å²) in [7, 11) is 2.26. The monoisotopic (exact) mass is 556 g/mol. The van der Waals surface area contributed by atoms with Crippen LogP contribution in [0.15, 0.2) is 42.5 Å². The number of nitrogens with one attached hydrogen (secondary N) is 2. The number of amides is 1. The van der Waals surface area contributed by atoms with Crippen LogP contribution >= 0.6 is 0 Å². The number of hydrogen-bond acceptors (Lipinski definition) is 5. The number of carbonyl (C=O) groups excluding carboxylic acids is 1. The number of aromatic amines is 1. The Morgan fingerprint density at radius 3 is 2.41 bits per heavy atom. The lowest BCUT2D eigenvalue weighted by Crippen LogP contribution is -2.48. The Bertz CT molecular complexity index is 1340. The maximum atomic E-state index is 13.4. The first-order chi connectivity index (χ1) is 20.1. The first-order valence-electron chi connectivity index (χ1n) is 16.0. The summed E-state index contributed by atoms with van der Waals surface area (Å²) in [6, 6.07) is 15.4. The van der Waals surface area contributed by atoms with Crippen molar-refractivity contribution in [3.8, 4) is 17.0 Å². The molecule has 7 rings (SSSR count). The smallest absolute Gasteiger partial charge is 0.251 e. The van der Waals surface area contributed by atoms with Gasteiger partial charge in [-0.3, -0.25) is 9.89 Å². The lowest BCUT2D eigenvalue weighted by molar-refractivity contribution is -0.108. The molecule has 218 valence electrons. The molecule has 2 saturated heterocycles. The van der Waals surface area contributed by atoms with E-state index >= 15 is 0 Å². The van der Waals surface area contributed by atoms with Gasteiger partial charge in [0, 0.05) is 35.1 Å². The molecule has 0 unspecified atom stereocenters. The number of fused-ring (bicyclic) bond motifs is 3. The lowest BCUT2D eigenvalue weighted by atomic mass is 9.84. The lowest BCUT2D eigenvalue weighted by Gasteiger charge is -2.39. The summed E-state index contributed by atoms with van der Waals surface area (Å²) in [5.41, 5.74) is 3.23. The number of aromatic nitrogens is 2. The van der Waals surface area contributed by atoms with E-state index < -0.39 is 0 Å². The van der Waals surface area contributed by atoms with E-state index in [1.807, 2.05) is 18.2 Å². The Morgan fingerprint density at radius 2 is 1.68 bits per heavy atom. The van der Waals surface area contributed by atoms with Gasteiger partial charge in [-0.1, -0.05) is 32.1 Å². The zero-order chi connectivity index (χ0) is 27.8. The van der Waals surface area contributed by atoms with Crippen molar-refractivity contribution in [1.29, 1.82) is 0 Å². The summed E-state index contributed by atoms with van der Waals surface area (Å²) in [6.45, 7) is 0.582. The largest absolute Gasteiger partial charge is 0.490 e. The Hall–Kier alpha value is -2.90. The second-order valence-corrected chi connectivity index (χ2v) is 13.1. The highest BCUT2D eigenvalue weighted by Gasteiger charge is 2.39. The minimum atomic E-state index is -0.218. The van der Waals surface area contributed by atoms with Crippen molar-refractivity contribution >= 4 is 16.8 Å². The average Bonchev–Trinajstić information content (AvgIpc) is 3.70. The van der Waals surface area contributed by atoms with Crippen molar-refractivity contribution in [3.63, 3.8) is 0 Å². The van der Waals surface area contributed by atoms with Gasteiger partial charge in [-0.05, 0) is 101 Å². The van der Waals surface area contributed by atoms with Gasteiger partial charge in [-0.25, -0.2) is 0 Å². The van der Waals surface area contributed by atoms with E-state index in [1.54, 1.807) is 0 Å². The van der Waals surface area contributed by atoms with Crippen LogP contribution < -0.4 is 10.1 Å². The minimum Gasteiger partial charge on any atom is -0.490 e. The second kappa shape index (κ2) is 11.4. The van der Waals surface area contributed by atoms with Crippen molar-refractivity contribution in [2.24, 2.45) is 0 Å². The molecule has 3 aromatic rings. The SMILES string of the molecule is CN1[C@@H]2CC[C@H]1C[C@H](Oc1ccc(-c3n[nH]c4ccc(C(=O)NCC5(OC6CCCC6)CCCCC5)cc34)cc1)C2. The number of carbonyl (C=O) groups is 1. The summed E-state index contributed by atoms with van der Waals surface area (Å²) in [6.07, 6.45) is 16.0. The van der Waals surface area contributed by atoms with E-state index in [9.17, 15) is 4.79 Å². The predicted octanol–water partition coefficient (Wildman–Crippen LogP) is 6.63. The molecule has 2 bridgehead atoms. The standard InChI is InChI=1S/C34H44N4O3/c1-38-25-12-13-26(38)21-29(20-25)40-27-14-9-23(10-15-27)32-30-19-24(11-16-31(30)36-37-32)33(39)35-22-34(17-5-2-6-18-34)41-28-7-3-4-8-28/h9-11,14-16,19,25-26,28-29H,2-8,12-13,17-18,20-22H2,1H3,(H,35,39)(H,36,37)/t25-,26+,29-. The third-order valence-corrected chi connectivity index (χ3v) is 10.4. The topological polar surface area (TPSA) is 79.5 Å². The van der Waals surface area contributed by atoms with Gasteiger partial charge < -0.3 is 19.7 Å². The van der Waals surface area contributed by atoms with Crippen LogP contribution in [0.2, 0.25) is 0 Å². The molecule has 0 radical (unpaired) electrons. The van der Waals surface area contributed by atoms with Crippen molar-refractivity contribution < 1.29 is 14.3 Å². The van der Waals surface area contributed by atoms with Crippen LogP contribution in [0.4, 0.5) is 0 Å². The number of hydrogen-bond donors (Lipinski definition) is 2. The van der Waals surface area contributed by atoms with Gasteiger partial charge in [0.1, 0.15) is 11.9 Å². The number of H-pyrrole nitrogens is 1. The molecule has 1 aromatic heterocycles. The van der Waals surface area contributed by atoms with Crippen molar-refractivity contribution in [1.82, 2.24) is 20.4 Å². The average molecular weight is 557 g/mol. The van der Waals surface area contributed by atoms with Crippen molar-refractivity contribution in [3.05, 3.63) is 48.0 Å². The number of nitrogens with zero attached hydrogens (tertiary/aromatic N) is 2. The highest BCUT2D eigenvalue weighted by Crippen LogP contribution is 2.37. The highest BCUT2D eigenvalue weighted by atomic mass is 16.5.